The van der Waals surface area contributed by atoms with Crippen LogP contribution in [0.25, 0.3) is 0 Å². The minimum Gasteiger partial charge on any atom is -0.368 e. The Morgan fingerprint density at radius 3 is 2.52 bits per heavy atom. The number of nitrogens with zero attached hydrogens (tertiary/aromatic N) is 3. The molecule has 0 saturated carbocycles. The lowest BCUT2D eigenvalue weighted by atomic mass is 10.2. The molecule has 0 aliphatic carbocycles. The number of benzene rings is 1. The molecule has 0 radical (unpaired) electrons. The fraction of sp³-hybridized carbons (Fsp3) is 0.429. The highest BCUT2D eigenvalue weighted by Crippen LogP contribution is 2.15. The van der Waals surface area contributed by atoms with E-state index in [-0.39, 0.29) is 29.9 Å². The normalized spacial score (nSPS) is 14.3. The van der Waals surface area contributed by atoms with E-state index in [0.717, 1.165) is 38.7 Å². The minimum absolute atomic E-state index is 0. The predicted molar refractivity (Wildman–Crippen MR) is 132 cm³/mol. The highest BCUT2D eigenvalue weighted by atomic mass is 127. The summed E-state index contributed by atoms with van der Waals surface area (Å²) in [6.45, 7) is 7.40. The number of para-hydroxylation sites is 1. The van der Waals surface area contributed by atoms with Crippen LogP contribution in [0, 0.1) is 0 Å². The van der Waals surface area contributed by atoms with Gasteiger partial charge < -0.3 is 20.4 Å². The van der Waals surface area contributed by atoms with Crippen molar-refractivity contribution in [2.45, 2.75) is 19.9 Å². The van der Waals surface area contributed by atoms with Gasteiger partial charge in [0.05, 0.1) is 6.54 Å². The van der Waals surface area contributed by atoms with Crippen LogP contribution >= 0.6 is 35.3 Å². The summed E-state index contributed by atoms with van der Waals surface area (Å²) in [5, 5.41) is 10.7. The average molecular weight is 527 g/mol. The number of carbonyl (C=O) groups is 1. The van der Waals surface area contributed by atoms with Gasteiger partial charge in [-0.2, -0.15) is 11.3 Å². The summed E-state index contributed by atoms with van der Waals surface area (Å²) in [7, 11) is 0. The van der Waals surface area contributed by atoms with Gasteiger partial charge in [0.25, 0.3) is 0 Å². The zero-order valence-electron chi connectivity index (χ0n) is 16.8. The van der Waals surface area contributed by atoms with Crippen LogP contribution in [0.3, 0.4) is 0 Å². The van der Waals surface area contributed by atoms with Crippen LogP contribution in [0.1, 0.15) is 18.9 Å². The molecule has 0 unspecified atom stereocenters. The van der Waals surface area contributed by atoms with Gasteiger partial charge in [-0.3, -0.25) is 4.79 Å². The van der Waals surface area contributed by atoms with E-state index in [9.17, 15) is 4.79 Å². The molecular weight excluding hydrogens is 497 g/mol. The Kier molecular flexibility index (Phi) is 10.3. The van der Waals surface area contributed by atoms with E-state index < -0.39 is 0 Å². The summed E-state index contributed by atoms with van der Waals surface area (Å²) in [6, 6.07) is 12.5. The van der Waals surface area contributed by atoms with E-state index >= 15 is 0 Å². The molecule has 2 heterocycles. The summed E-state index contributed by atoms with van der Waals surface area (Å²) >= 11 is 1.68. The van der Waals surface area contributed by atoms with Crippen LogP contribution in [-0.4, -0.2) is 56.0 Å². The van der Waals surface area contributed by atoms with E-state index in [0.29, 0.717) is 19.5 Å². The van der Waals surface area contributed by atoms with Gasteiger partial charge in [0.15, 0.2) is 5.96 Å². The van der Waals surface area contributed by atoms with E-state index in [2.05, 4.69) is 61.6 Å². The summed E-state index contributed by atoms with van der Waals surface area (Å²) in [4.78, 5) is 21.4. The number of anilines is 1. The van der Waals surface area contributed by atoms with Crippen LogP contribution in [0.15, 0.2) is 52.2 Å². The van der Waals surface area contributed by atoms with Gasteiger partial charge in [-0.05, 0) is 41.4 Å². The monoisotopic (exact) mass is 527 g/mol. The second-order valence-electron chi connectivity index (χ2n) is 6.71. The number of carbonyl (C=O) groups excluding carboxylic acids is 1. The summed E-state index contributed by atoms with van der Waals surface area (Å²) in [6.07, 6.45) is 0.480. The molecule has 8 heteroatoms. The number of nitrogens with one attached hydrogen (secondary N) is 2. The molecule has 0 atom stereocenters. The lowest BCUT2D eigenvalue weighted by molar-refractivity contribution is -0.131. The van der Waals surface area contributed by atoms with Gasteiger partial charge in [-0.1, -0.05) is 18.2 Å². The largest absolute Gasteiger partial charge is 0.368 e. The molecule has 1 aliphatic heterocycles. The Morgan fingerprint density at radius 2 is 1.86 bits per heavy atom. The first-order valence-corrected chi connectivity index (χ1v) is 10.8. The van der Waals surface area contributed by atoms with E-state index in [4.69, 9.17) is 0 Å². The van der Waals surface area contributed by atoms with Crippen molar-refractivity contribution in [2.75, 3.05) is 44.2 Å². The summed E-state index contributed by atoms with van der Waals surface area (Å²) in [5.74, 6) is 0.962. The van der Waals surface area contributed by atoms with Gasteiger partial charge >= 0.3 is 0 Å². The van der Waals surface area contributed by atoms with Crippen LogP contribution in [0.5, 0.6) is 0 Å². The highest BCUT2D eigenvalue weighted by Gasteiger charge is 2.20. The lowest BCUT2D eigenvalue weighted by Gasteiger charge is -2.36. The number of hydrogen-bond donors (Lipinski definition) is 2. The molecular formula is C21H30IN5OS. The van der Waals surface area contributed by atoms with Gasteiger partial charge in [0, 0.05) is 51.4 Å². The zero-order valence-corrected chi connectivity index (χ0v) is 20.0. The molecule has 2 aromatic rings. The van der Waals surface area contributed by atoms with Gasteiger partial charge in [0.1, 0.15) is 0 Å². The molecule has 158 valence electrons. The van der Waals surface area contributed by atoms with Crippen molar-refractivity contribution < 1.29 is 4.79 Å². The van der Waals surface area contributed by atoms with Crippen molar-refractivity contribution in [1.82, 2.24) is 15.5 Å². The number of guanidine groups is 1. The van der Waals surface area contributed by atoms with E-state index in [1.54, 1.807) is 11.3 Å². The Balaban J connectivity index is 0.00000300. The van der Waals surface area contributed by atoms with E-state index in [1.165, 1.54) is 11.3 Å². The Morgan fingerprint density at radius 1 is 1.10 bits per heavy atom. The quantitative estimate of drug-likeness (QED) is 0.330. The maximum Gasteiger partial charge on any atom is 0.224 e. The van der Waals surface area contributed by atoms with Crippen molar-refractivity contribution >= 4 is 52.9 Å². The SMILES string of the molecule is CCNC(=NCc1ccsc1)NCCC(=O)N1CCN(c2ccccc2)CC1.I. The predicted octanol–water partition coefficient (Wildman–Crippen LogP) is 3.16. The molecule has 1 fully saturated rings. The second-order valence-corrected chi connectivity index (χ2v) is 7.49. The molecule has 1 saturated heterocycles. The molecule has 0 spiro atoms. The molecule has 1 aliphatic rings. The van der Waals surface area contributed by atoms with Crippen LogP contribution in [0.2, 0.25) is 0 Å². The topological polar surface area (TPSA) is 60.0 Å². The minimum atomic E-state index is 0. The number of amides is 1. The third-order valence-electron chi connectivity index (χ3n) is 4.73. The smallest absolute Gasteiger partial charge is 0.224 e. The molecule has 1 aromatic heterocycles. The Bertz CT molecular complexity index is 746. The maximum atomic E-state index is 12.5. The van der Waals surface area contributed by atoms with Crippen molar-refractivity contribution in [1.29, 1.82) is 0 Å². The highest BCUT2D eigenvalue weighted by molar-refractivity contribution is 14.0. The molecule has 29 heavy (non-hydrogen) atoms. The maximum absolute atomic E-state index is 12.5. The lowest BCUT2D eigenvalue weighted by Crippen LogP contribution is -2.49. The Labute approximate surface area is 194 Å². The molecule has 2 N–H and O–H groups in total. The first kappa shape index (κ1) is 23.5. The number of hydrogen-bond acceptors (Lipinski definition) is 4. The van der Waals surface area contributed by atoms with Crippen molar-refractivity contribution in [3.05, 3.63) is 52.7 Å². The zero-order chi connectivity index (χ0) is 19.6. The van der Waals surface area contributed by atoms with Crippen molar-refractivity contribution in [3.8, 4) is 0 Å². The third kappa shape index (κ3) is 7.50. The fourth-order valence-electron chi connectivity index (χ4n) is 3.19. The fourth-order valence-corrected chi connectivity index (χ4v) is 3.85. The number of rotatable bonds is 7. The number of thiophene rings is 1. The first-order chi connectivity index (χ1) is 13.8. The summed E-state index contributed by atoms with van der Waals surface area (Å²) < 4.78 is 0. The molecule has 1 aromatic carbocycles. The van der Waals surface area contributed by atoms with Crippen molar-refractivity contribution in [2.24, 2.45) is 4.99 Å². The van der Waals surface area contributed by atoms with Gasteiger partial charge in [-0.15, -0.1) is 24.0 Å². The molecule has 6 nitrogen and oxygen atoms in total. The first-order valence-electron chi connectivity index (χ1n) is 9.87. The Hall–Kier alpha value is -1.81. The van der Waals surface area contributed by atoms with E-state index in [1.807, 2.05) is 17.9 Å². The van der Waals surface area contributed by atoms with Crippen molar-refractivity contribution in [3.63, 3.8) is 0 Å². The molecule has 0 bridgehead atoms. The second kappa shape index (κ2) is 12.7. The number of aliphatic imine (C=N–C) groups is 1. The number of halogens is 1. The standard InChI is InChI=1S/C21H29N5OS.HI/c1-2-22-21(24-16-18-9-15-28-17-18)23-10-8-20(27)26-13-11-25(12-14-26)19-6-4-3-5-7-19;/h3-7,9,15,17H,2,8,10-14,16H2,1H3,(H2,22,23,24);1H. The summed E-state index contributed by atoms with van der Waals surface area (Å²) in [5.41, 5.74) is 2.43. The molecule has 3 rings (SSSR count). The third-order valence-corrected chi connectivity index (χ3v) is 5.46. The number of piperazine rings is 1. The van der Waals surface area contributed by atoms with Crippen LogP contribution in [0.4, 0.5) is 5.69 Å². The average Bonchev–Trinajstić information content (AvgIpc) is 3.26. The van der Waals surface area contributed by atoms with Crippen LogP contribution in [-0.2, 0) is 11.3 Å². The van der Waals surface area contributed by atoms with Crippen LogP contribution < -0.4 is 15.5 Å². The van der Waals surface area contributed by atoms with Gasteiger partial charge in [-0.25, -0.2) is 4.99 Å². The van der Waals surface area contributed by atoms with Gasteiger partial charge in [0.2, 0.25) is 5.91 Å². The molecule has 1 amide bonds.